The summed E-state index contributed by atoms with van der Waals surface area (Å²) in [4.78, 5) is 25.7. The van der Waals surface area contributed by atoms with Gasteiger partial charge in [0.1, 0.15) is 0 Å². The third kappa shape index (κ3) is 7.20. The number of carbonyl (C=O) groups excluding carboxylic acids is 2. The van der Waals surface area contributed by atoms with Crippen molar-refractivity contribution >= 4 is 39.3 Å². The summed E-state index contributed by atoms with van der Waals surface area (Å²) in [5.74, 6) is 0.0382. The molecule has 0 aliphatic heterocycles. The smallest absolute Gasteiger partial charge is 0.251 e. The third-order valence-electron chi connectivity index (χ3n) is 6.26. The molecule has 0 bridgehead atoms. The second-order valence-electron chi connectivity index (χ2n) is 9.72. The van der Waals surface area contributed by atoms with Crippen LogP contribution in [0, 0.1) is 20.8 Å². The van der Waals surface area contributed by atoms with E-state index in [4.69, 9.17) is 0 Å². The Labute approximate surface area is 244 Å². The molecule has 0 atom stereocenters. The molecule has 2 N–H and O–H groups in total. The number of nitrogens with one attached hydrogen (secondary N) is 2. The Balaban J connectivity index is 1.50. The van der Waals surface area contributed by atoms with Crippen LogP contribution < -0.4 is 10.6 Å². The highest BCUT2D eigenvalue weighted by atomic mass is 32.2. The molecule has 0 aliphatic rings. The zero-order chi connectivity index (χ0) is 29.7. The lowest BCUT2D eigenvalue weighted by Gasteiger charge is -2.13. The number of rotatable bonds is 10. The van der Waals surface area contributed by atoms with Gasteiger partial charge in [-0.15, -0.1) is 10.2 Å². The molecule has 0 unspecified atom stereocenters. The first-order valence-corrected chi connectivity index (χ1v) is 15.2. The van der Waals surface area contributed by atoms with E-state index >= 15 is 0 Å². The zero-order valence-electron chi connectivity index (χ0n) is 23.5. The summed E-state index contributed by atoms with van der Waals surface area (Å²) in [6, 6.07) is 19.4. The number of hydrogen-bond acceptors (Lipinski definition) is 7. The number of hydrogen-bond donors (Lipinski definition) is 2. The number of aromatic nitrogens is 3. The maximum absolute atomic E-state index is 12.9. The van der Waals surface area contributed by atoms with E-state index < -0.39 is 10.0 Å². The maximum atomic E-state index is 12.9. The predicted octanol–water partition coefficient (Wildman–Crippen LogP) is 4.10. The zero-order valence-corrected chi connectivity index (χ0v) is 25.1. The SMILES string of the molecule is Cc1cccc(-n2c(CNC(=O)c3ccc(S(=O)(=O)N(C)C)cc3)nnc2SCC(=O)Nc2cc(C)ccc2C)c1. The standard InChI is InChI=1S/C29H32N6O4S2/c1-19-7-6-8-23(15-19)35-26(17-30-28(37)22-11-13-24(14-12-22)41(38,39)34(4)5)32-33-29(35)40-18-27(36)31-25-16-20(2)9-10-21(25)3/h6-16H,17-18H2,1-5H3,(H,30,37)(H,31,36). The van der Waals surface area contributed by atoms with E-state index in [-0.39, 0.29) is 29.0 Å². The summed E-state index contributed by atoms with van der Waals surface area (Å²) in [7, 11) is -0.699. The number of nitrogens with zero attached hydrogens (tertiary/aromatic N) is 4. The minimum absolute atomic E-state index is 0.0623. The first-order valence-electron chi connectivity index (χ1n) is 12.8. The van der Waals surface area contributed by atoms with Crippen LogP contribution >= 0.6 is 11.8 Å². The second kappa shape index (κ2) is 12.7. The van der Waals surface area contributed by atoms with Crippen molar-refractivity contribution < 1.29 is 18.0 Å². The molecule has 214 valence electrons. The Morgan fingerprint density at radius 1 is 0.927 bits per heavy atom. The molecule has 10 nitrogen and oxygen atoms in total. The Hall–Kier alpha value is -4.00. The average molecular weight is 593 g/mol. The van der Waals surface area contributed by atoms with Crippen LogP contribution in [0.1, 0.15) is 32.9 Å². The van der Waals surface area contributed by atoms with Gasteiger partial charge in [0.05, 0.1) is 17.2 Å². The number of sulfonamides is 1. The van der Waals surface area contributed by atoms with Crippen LogP contribution in [0.2, 0.25) is 0 Å². The fourth-order valence-electron chi connectivity index (χ4n) is 3.97. The number of benzene rings is 3. The predicted molar refractivity (Wildman–Crippen MR) is 160 cm³/mol. The first kappa shape index (κ1) is 30.0. The minimum Gasteiger partial charge on any atom is -0.345 e. The van der Waals surface area contributed by atoms with Gasteiger partial charge in [-0.05, 0) is 79.9 Å². The van der Waals surface area contributed by atoms with Crippen molar-refractivity contribution in [3.63, 3.8) is 0 Å². The Morgan fingerprint density at radius 3 is 2.32 bits per heavy atom. The van der Waals surface area contributed by atoms with Crippen LogP contribution in [0.25, 0.3) is 5.69 Å². The Kier molecular flexibility index (Phi) is 9.26. The molecule has 41 heavy (non-hydrogen) atoms. The average Bonchev–Trinajstić information content (AvgIpc) is 3.35. The number of thioether (sulfide) groups is 1. The van der Waals surface area contributed by atoms with Crippen LogP contribution in [0.5, 0.6) is 0 Å². The van der Waals surface area contributed by atoms with Gasteiger partial charge in [-0.3, -0.25) is 14.2 Å². The number of anilines is 1. The lowest BCUT2D eigenvalue weighted by atomic mass is 10.1. The molecule has 3 aromatic carbocycles. The second-order valence-corrected chi connectivity index (χ2v) is 12.8. The van der Waals surface area contributed by atoms with E-state index in [2.05, 4.69) is 20.8 Å². The summed E-state index contributed by atoms with van der Waals surface area (Å²) in [6.07, 6.45) is 0. The molecule has 4 rings (SSSR count). The van der Waals surface area contributed by atoms with Crippen molar-refractivity contribution in [2.45, 2.75) is 37.4 Å². The Morgan fingerprint density at radius 2 is 1.63 bits per heavy atom. The van der Waals surface area contributed by atoms with E-state index in [1.54, 1.807) is 0 Å². The first-order chi connectivity index (χ1) is 19.5. The molecule has 0 saturated heterocycles. The summed E-state index contributed by atoms with van der Waals surface area (Å²) < 4.78 is 27.6. The van der Waals surface area contributed by atoms with Gasteiger partial charge >= 0.3 is 0 Å². The van der Waals surface area contributed by atoms with E-state index in [1.807, 2.05) is 67.8 Å². The summed E-state index contributed by atoms with van der Waals surface area (Å²) in [6.45, 7) is 5.95. The van der Waals surface area contributed by atoms with Gasteiger partial charge in [-0.1, -0.05) is 36.0 Å². The van der Waals surface area contributed by atoms with Gasteiger partial charge in [-0.25, -0.2) is 12.7 Å². The quantitative estimate of drug-likeness (QED) is 0.266. The number of amides is 2. The van der Waals surface area contributed by atoms with Gasteiger partial charge in [-0.2, -0.15) is 0 Å². The molecular formula is C29H32N6O4S2. The van der Waals surface area contributed by atoms with E-state index in [9.17, 15) is 18.0 Å². The van der Waals surface area contributed by atoms with Gasteiger partial charge in [0.15, 0.2) is 11.0 Å². The monoisotopic (exact) mass is 592 g/mol. The lowest BCUT2D eigenvalue weighted by Crippen LogP contribution is -2.25. The van der Waals surface area contributed by atoms with Crippen LogP contribution in [0.3, 0.4) is 0 Å². The van der Waals surface area contributed by atoms with Gasteiger partial charge in [0.2, 0.25) is 15.9 Å². The van der Waals surface area contributed by atoms with Crippen LogP contribution in [0.4, 0.5) is 5.69 Å². The van der Waals surface area contributed by atoms with Crippen molar-refractivity contribution in [3.05, 3.63) is 94.8 Å². The van der Waals surface area contributed by atoms with Gasteiger partial charge < -0.3 is 10.6 Å². The van der Waals surface area contributed by atoms with Gasteiger partial charge in [0.25, 0.3) is 5.91 Å². The molecule has 0 saturated carbocycles. The minimum atomic E-state index is -3.60. The van der Waals surface area contributed by atoms with Crippen molar-refractivity contribution in [3.8, 4) is 5.69 Å². The highest BCUT2D eigenvalue weighted by molar-refractivity contribution is 7.99. The van der Waals surface area contributed by atoms with Crippen molar-refractivity contribution in [2.24, 2.45) is 0 Å². The largest absolute Gasteiger partial charge is 0.345 e. The topological polar surface area (TPSA) is 126 Å². The molecule has 0 spiro atoms. The third-order valence-corrected chi connectivity index (χ3v) is 9.02. The molecule has 0 aliphatic carbocycles. The number of carbonyl (C=O) groups is 2. The molecule has 0 radical (unpaired) electrons. The van der Waals surface area contributed by atoms with Crippen LogP contribution in [0.15, 0.2) is 76.8 Å². The van der Waals surface area contributed by atoms with E-state index in [0.717, 1.165) is 32.4 Å². The fraction of sp³-hybridized carbons (Fsp3) is 0.241. The highest BCUT2D eigenvalue weighted by Gasteiger charge is 2.19. The summed E-state index contributed by atoms with van der Waals surface area (Å²) >= 11 is 1.25. The molecule has 12 heteroatoms. The van der Waals surface area contributed by atoms with Crippen molar-refractivity contribution in [2.75, 3.05) is 25.2 Å². The van der Waals surface area contributed by atoms with Crippen LogP contribution in [-0.4, -0.2) is 59.2 Å². The van der Waals surface area contributed by atoms with E-state index in [1.165, 1.54) is 50.1 Å². The molecule has 2 amide bonds. The van der Waals surface area contributed by atoms with E-state index in [0.29, 0.717) is 16.5 Å². The van der Waals surface area contributed by atoms with Crippen molar-refractivity contribution in [1.82, 2.24) is 24.4 Å². The molecule has 1 aromatic heterocycles. The van der Waals surface area contributed by atoms with Gasteiger partial charge in [0, 0.05) is 31.0 Å². The molecule has 0 fully saturated rings. The normalized spacial score (nSPS) is 11.5. The fourth-order valence-corrected chi connectivity index (χ4v) is 5.64. The Bertz CT molecular complexity index is 1680. The molecule has 1 heterocycles. The maximum Gasteiger partial charge on any atom is 0.251 e. The molecular weight excluding hydrogens is 560 g/mol. The van der Waals surface area contributed by atoms with Crippen LogP contribution in [-0.2, 0) is 21.4 Å². The highest BCUT2D eigenvalue weighted by Crippen LogP contribution is 2.24. The lowest BCUT2D eigenvalue weighted by molar-refractivity contribution is -0.113. The summed E-state index contributed by atoms with van der Waals surface area (Å²) in [5.41, 5.74) is 4.94. The molecule has 4 aromatic rings. The summed E-state index contributed by atoms with van der Waals surface area (Å²) in [5, 5.41) is 14.9. The van der Waals surface area contributed by atoms with Crippen molar-refractivity contribution in [1.29, 1.82) is 0 Å². The number of aryl methyl sites for hydroxylation is 3.